The molecule has 1 amide bonds. The number of rotatable bonds is 6. The van der Waals surface area contributed by atoms with Gasteiger partial charge in [0.05, 0.1) is 5.69 Å². The summed E-state index contributed by atoms with van der Waals surface area (Å²) in [6.45, 7) is 4.10. The molecule has 0 radical (unpaired) electrons. The third kappa shape index (κ3) is 4.59. The smallest absolute Gasteiger partial charge is 0.224 e. The molecule has 0 aliphatic carbocycles. The van der Waals surface area contributed by atoms with Gasteiger partial charge in [-0.05, 0) is 68.6 Å². The summed E-state index contributed by atoms with van der Waals surface area (Å²) in [6.07, 6.45) is 2.64. The van der Waals surface area contributed by atoms with Gasteiger partial charge in [-0.25, -0.2) is 0 Å². The average Bonchev–Trinajstić information content (AvgIpc) is 3.10. The fraction of sp³-hybridized carbons (Fsp3) is 0.350. The van der Waals surface area contributed by atoms with Gasteiger partial charge in [0, 0.05) is 6.42 Å². The minimum Gasteiger partial charge on any atom is -0.455 e. The number of carbonyl (C=O) groups excluding carboxylic acids is 1. The van der Waals surface area contributed by atoms with Crippen molar-refractivity contribution in [3.63, 3.8) is 0 Å². The fourth-order valence-electron chi connectivity index (χ4n) is 2.95. The SMILES string of the molecule is Cc1ccc(Oc2ccccc2)c(NC(=O)CCC2CCNC2)c1. The number of aryl methyl sites for hydroxylation is 1. The van der Waals surface area contributed by atoms with Gasteiger partial charge in [0.2, 0.25) is 5.91 Å². The van der Waals surface area contributed by atoms with E-state index in [1.807, 2.05) is 55.5 Å². The van der Waals surface area contributed by atoms with Crippen LogP contribution in [0, 0.1) is 12.8 Å². The van der Waals surface area contributed by atoms with Crippen LogP contribution in [0.1, 0.15) is 24.8 Å². The Kier molecular flexibility index (Phi) is 5.49. The van der Waals surface area contributed by atoms with Crippen LogP contribution < -0.4 is 15.4 Å². The number of ether oxygens (including phenoxy) is 1. The summed E-state index contributed by atoms with van der Waals surface area (Å²) in [5.74, 6) is 2.09. The molecule has 0 saturated carbocycles. The molecule has 24 heavy (non-hydrogen) atoms. The van der Waals surface area contributed by atoms with Crippen molar-refractivity contribution in [2.24, 2.45) is 5.92 Å². The van der Waals surface area contributed by atoms with E-state index < -0.39 is 0 Å². The highest BCUT2D eigenvalue weighted by molar-refractivity contribution is 5.92. The second-order valence-electron chi connectivity index (χ2n) is 6.36. The Hall–Kier alpha value is -2.33. The Bertz CT molecular complexity index is 679. The molecular formula is C20H24N2O2. The Morgan fingerprint density at radius 3 is 2.83 bits per heavy atom. The lowest BCUT2D eigenvalue weighted by atomic mass is 10.0. The maximum Gasteiger partial charge on any atom is 0.224 e. The maximum absolute atomic E-state index is 12.3. The van der Waals surface area contributed by atoms with Crippen LogP contribution in [0.4, 0.5) is 5.69 Å². The summed E-state index contributed by atoms with van der Waals surface area (Å²) in [6, 6.07) is 15.4. The molecule has 3 rings (SSSR count). The summed E-state index contributed by atoms with van der Waals surface area (Å²) in [5, 5.41) is 6.35. The lowest BCUT2D eigenvalue weighted by molar-refractivity contribution is -0.116. The molecule has 0 spiro atoms. The molecule has 0 bridgehead atoms. The predicted molar refractivity (Wildman–Crippen MR) is 96.5 cm³/mol. The normalized spacial score (nSPS) is 16.8. The molecule has 2 aromatic rings. The van der Waals surface area contributed by atoms with Crippen LogP contribution in [0.2, 0.25) is 0 Å². The molecule has 1 fully saturated rings. The summed E-state index contributed by atoms with van der Waals surface area (Å²) in [5.41, 5.74) is 1.82. The first-order chi connectivity index (χ1) is 11.7. The van der Waals surface area contributed by atoms with Gasteiger partial charge < -0.3 is 15.4 Å². The topological polar surface area (TPSA) is 50.4 Å². The minimum atomic E-state index is 0.0467. The maximum atomic E-state index is 12.3. The lowest BCUT2D eigenvalue weighted by Crippen LogP contribution is -2.15. The molecule has 1 atom stereocenters. The van der Waals surface area contributed by atoms with Gasteiger partial charge in [-0.1, -0.05) is 24.3 Å². The van der Waals surface area contributed by atoms with Crippen LogP contribution in [-0.4, -0.2) is 19.0 Å². The predicted octanol–water partition coefficient (Wildman–Crippen LogP) is 4.12. The van der Waals surface area contributed by atoms with E-state index in [9.17, 15) is 4.79 Å². The van der Waals surface area contributed by atoms with E-state index in [4.69, 9.17) is 4.74 Å². The molecular weight excluding hydrogens is 300 g/mol. The van der Waals surface area contributed by atoms with E-state index >= 15 is 0 Å². The molecule has 1 unspecified atom stereocenters. The van der Waals surface area contributed by atoms with Gasteiger partial charge in [-0.3, -0.25) is 4.79 Å². The summed E-state index contributed by atoms with van der Waals surface area (Å²) in [7, 11) is 0. The van der Waals surface area contributed by atoms with Crippen LogP contribution in [-0.2, 0) is 4.79 Å². The zero-order valence-electron chi connectivity index (χ0n) is 14.0. The number of amides is 1. The standard InChI is InChI=1S/C20H24N2O2/c1-15-7-9-19(24-17-5-3-2-4-6-17)18(13-15)22-20(23)10-8-16-11-12-21-14-16/h2-7,9,13,16,21H,8,10-12,14H2,1H3,(H,22,23). The number of nitrogens with one attached hydrogen (secondary N) is 2. The van der Waals surface area contributed by atoms with Gasteiger partial charge in [0.15, 0.2) is 5.75 Å². The van der Waals surface area contributed by atoms with Gasteiger partial charge in [0.25, 0.3) is 0 Å². The monoisotopic (exact) mass is 324 g/mol. The number of para-hydroxylation sites is 1. The Morgan fingerprint density at radius 1 is 1.25 bits per heavy atom. The molecule has 2 aromatic carbocycles. The Balaban J connectivity index is 1.64. The summed E-state index contributed by atoms with van der Waals surface area (Å²) in [4.78, 5) is 12.3. The highest BCUT2D eigenvalue weighted by atomic mass is 16.5. The van der Waals surface area contributed by atoms with Crippen molar-refractivity contribution in [1.29, 1.82) is 0 Å². The van der Waals surface area contributed by atoms with E-state index in [1.165, 1.54) is 6.42 Å². The van der Waals surface area contributed by atoms with E-state index in [0.29, 0.717) is 18.1 Å². The van der Waals surface area contributed by atoms with Gasteiger partial charge in [-0.2, -0.15) is 0 Å². The number of hydrogen-bond donors (Lipinski definition) is 2. The van der Waals surface area contributed by atoms with Crippen molar-refractivity contribution >= 4 is 11.6 Å². The number of hydrogen-bond acceptors (Lipinski definition) is 3. The Labute approximate surface area is 143 Å². The van der Waals surface area contributed by atoms with Crippen LogP contribution in [0.5, 0.6) is 11.5 Å². The first-order valence-electron chi connectivity index (χ1n) is 8.55. The molecule has 1 aliphatic rings. The second kappa shape index (κ2) is 7.97. The number of benzene rings is 2. The average molecular weight is 324 g/mol. The molecule has 4 nitrogen and oxygen atoms in total. The van der Waals surface area contributed by atoms with Crippen molar-refractivity contribution < 1.29 is 9.53 Å². The molecule has 2 N–H and O–H groups in total. The van der Waals surface area contributed by atoms with Gasteiger partial charge in [-0.15, -0.1) is 0 Å². The summed E-state index contributed by atoms with van der Waals surface area (Å²) >= 11 is 0. The number of carbonyl (C=O) groups is 1. The van der Waals surface area contributed by atoms with Crippen LogP contribution in [0.25, 0.3) is 0 Å². The second-order valence-corrected chi connectivity index (χ2v) is 6.36. The quantitative estimate of drug-likeness (QED) is 0.840. The van der Waals surface area contributed by atoms with Crippen molar-refractivity contribution in [1.82, 2.24) is 5.32 Å². The van der Waals surface area contributed by atoms with Crippen molar-refractivity contribution in [2.45, 2.75) is 26.2 Å². The molecule has 1 aliphatic heterocycles. The fourth-order valence-corrected chi connectivity index (χ4v) is 2.95. The van der Waals surface area contributed by atoms with Crippen molar-refractivity contribution in [3.8, 4) is 11.5 Å². The molecule has 0 aromatic heterocycles. The largest absolute Gasteiger partial charge is 0.455 e. The summed E-state index contributed by atoms with van der Waals surface area (Å²) < 4.78 is 5.92. The zero-order chi connectivity index (χ0) is 16.8. The highest BCUT2D eigenvalue weighted by Gasteiger charge is 2.16. The van der Waals surface area contributed by atoms with E-state index in [0.717, 1.165) is 36.5 Å². The number of anilines is 1. The van der Waals surface area contributed by atoms with Crippen molar-refractivity contribution in [3.05, 3.63) is 54.1 Å². The highest BCUT2D eigenvalue weighted by Crippen LogP contribution is 2.30. The minimum absolute atomic E-state index is 0.0467. The molecule has 4 heteroatoms. The van der Waals surface area contributed by atoms with Crippen LogP contribution in [0.3, 0.4) is 0 Å². The Morgan fingerprint density at radius 2 is 2.08 bits per heavy atom. The molecule has 1 saturated heterocycles. The van der Waals surface area contributed by atoms with Crippen LogP contribution in [0.15, 0.2) is 48.5 Å². The first kappa shape index (κ1) is 16.5. The van der Waals surface area contributed by atoms with E-state index in [1.54, 1.807) is 0 Å². The molecule has 1 heterocycles. The molecule has 126 valence electrons. The first-order valence-corrected chi connectivity index (χ1v) is 8.55. The van der Waals surface area contributed by atoms with Crippen molar-refractivity contribution in [2.75, 3.05) is 18.4 Å². The van der Waals surface area contributed by atoms with E-state index in [-0.39, 0.29) is 5.91 Å². The third-order valence-electron chi connectivity index (χ3n) is 4.32. The lowest BCUT2D eigenvalue weighted by Gasteiger charge is -2.14. The van der Waals surface area contributed by atoms with Gasteiger partial charge >= 0.3 is 0 Å². The van der Waals surface area contributed by atoms with E-state index in [2.05, 4.69) is 10.6 Å². The van der Waals surface area contributed by atoms with Gasteiger partial charge in [0.1, 0.15) is 5.75 Å². The van der Waals surface area contributed by atoms with Crippen LogP contribution >= 0.6 is 0 Å². The third-order valence-corrected chi connectivity index (χ3v) is 4.32. The zero-order valence-corrected chi connectivity index (χ0v) is 14.0.